The van der Waals surface area contributed by atoms with Crippen molar-refractivity contribution in [3.05, 3.63) is 23.5 Å². The molecule has 0 spiro atoms. The van der Waals surface area contributed by atoms with Gasteiger partial charge < -0.3 is 11.5 Å². The molecule has 2 heteroatoms. The summed E-state index contributed by atoms with van der Waals surface area (Å²) >= 11 is 0. The van der Waals surface area contributed by atoms with Crippen LogP contribution in [0.3, 0.4) is 0 Å². The number of nitrogens with two attached hydrogens (primary N) is 2. The van der Waals surface area contributed by atoms with E-state index >= 15 is 0 Å². The molecule has 0 unspecified atom stereocenters. The molecule has 0 saturated heterocycles. The van der Waals surface area contributed by atoms with Gasteiger partial charge in [-0.15, -0.1) is 0 Å². The maximum Gasteiger partial charge on any atom is 0.0500 e. The van der Waals surface area contributed by atoms with Crippen LogP contribution in [-0.4, -0.2) is 0 Å². The highest BCUT2D eigenvalue weighted by molar-refractivity contribution is 5.25. The lowest BCUT2D eigenvalue weighted by atomic mass is 10.1. The zero-order chi connectivity index (χ0) is 9.28. The second-order valence-electron chi connectivity index (χ2n) is 1.79. The van der Waals surface area contributed by atoms with Crippen LogP contribution < -0.4 is 11.5 Å². The molecule has 0 fully saturated rings. The van der Waals surface area contributed by atoms with Crippen molar-refractivity contribution in [2.45, 2.75) is 34.1 Å². The van der Waals surface area contributed by atoms with E-state index in [1.54, 1.807) is 0 Å². The molecule has 0 aliphatic rings. The van der Waals surface area contributed by atoms with Crippen LogP contribution in [0.1, 0.15) is 34.1 Å². The molecule has 11 heavy (non-hydrogen) atoms. The molecule has 4 N–H and O–H groups in total. The van der Waals surface area contributed by atoms with Gasteiger partial charge in [-0.05, 0) is 18.9 Å². The normalized spacial score (nSPS) is 12.0. The third-order valence-electron chi connectivity index (χ3n) is 1.28. The van der Waals surface area contributed by atoms with Crippen molar-refractivity contribution >= 4 is 0 Å². The Bertz CT molecular complexity index is 134. The second-order valence-corrected chi connectivity index (χ2v) is 1.79. The summed E-state index contributed by atoms with van der Waals surface area (Å²) in [4.78, 5) is 0. The van der Waals surface area contributed by atoms with Gasteiger partial charge in [-0.1, -0.05) is 26.8 Å². The van der Waals surface area contributed by atoms with Gasteiger partial charge in [-0.2, -0.15) is 0 Å². The van der Waals surface area contributed by atoms with E-state index in [1.165, 1.54) is 6.20 Å². The van der Waals surface area contributed by atoms with Crippen molar-refractivity contribution in [3.63, 3.8) is 0 Å². The van der Waals surface area contributed by atoms with E-state index in [-0.39, 0.29) is 0 Å². The van der Waals surface area contributed by atoms with E-state index in [4.69, 9.17) is 11.5 Å². The number of rotatable bonds is 2. The molecule has 2 nitrogen and oxygen atoms in total. The summed E-state index contributed by atoms with van der Waals surface area (Å²) < 4.78 is 0. The quantitative estimate of drug-likeness (QED) is 0.602. The van der Waals surface area contributed by atoms with Crippen LogP contribution in [0.15, 0.2) is 23.5 Å². The highest BCUT2D eigenvalue weighted by Crippen LogP contribution is 2.05. The minimum absolute atomic E-state index is 0.681. The smallest absolute Gasteiger partial charge is 0.0500 e. The minimum Gasteiger partial charge on any atom is -0.403 e. The van der Waals surface area contributed by atoms with Gasteiger partial charge in [-0.25, -0.2) is 0 Å². The molecule has 0 amide bonds. The Morgan fingerprint density at radius 3 is 1.91 bits per heavy atom. The van der Waals surface area contributed by atoms with Gasteiger partial charge in [0.15, 0.2) is 0 Å². The van der Waals surface area contributed by atoms with Crippen molar-refractivity contribution in [1.29, 1.82) is 0 Å². The Labute approximate surface area is 70.0 Å². The predicted molar refractivity (Wildman–Crippen MR) is 51.9 cm³/mol. The van der Waals surface area contributed by atoms with Crippen LogP contribution in [0.2, 0.25) is 0 Å². The van der Waals surface area contributed by atoms with Gasteiger partial charge in [0.1, 0.15) is 0 Å². The summed E-state index contributed by atoms with van der Waals surface area (Å²) in [5.41, 5.74) is 12.5. The first-order valence-electron chi connectivity index (χ1n) is 4.09. The maximum atomic E-state index is 5.51. The van der Waals surface area contributed by atoms with E-state index < -0.39 is 0 Å². The fraction of sp³-hybridized carbons (Fsp3) is 0.556. The molecule has 0 heterocycles. The highest BCUT2D eigenvalue weighted by Gasteiger charge is 1.92. The zero-order valence-corrected chi connectivity index (χ0v) is 8.02. The summed E-state index contributed by atoms with van der Waals surface area (Å²) in [6, 6.07) is 0. The average molecular weight is 156 g/mol. The lowest BCUT2D eigenvalue weighted by Gasteiger charge is -2.00. The molecule has 66 valence electrons. The van der Waals surface area contributed by atoms with Crippen molar-refractivity contribution < 1.29 is 0 Å². The average Bonchev–Trinajstić information content (AvgIpc) is 2.10. The summed E-state index contributed by atoms with van der Waals surface area (Å²) in [7, 11) is 0. The molecule has 0 aliphatic carbocycles. The molecule has 0 aromatic carbocycles. The third-order valence-corrected chi connectivity index (χ3v) is 1.28. The standard InChI is InChI=1S/C7H14N2.C2H6/c1-3-6(4-2)7(9)5-8;1-2/h3,5H,4,8-9H2,1-2H3;1-2H3/b6-3-,7-5+;. The van der Waals surface area contributed by atoms with Crippen molar-refractivity contribution in [2.75, 3.05) is 0 Å². The molecular weight excluding hydrogens is 136 g/mol. The Kier molecular flexibility index (Phi) is 10.5. The molecule has 0 bridgehead atoms. The van der Waals surface area contributed by atoms with Crippen LogP contribution in [-0.2, 0) is 0 Å². The number of hydrogen-bond acceptors (Lipinski definition) is 2. The Morgan fingerprint density at radius 2 is 1.82 bits per heavy atom. The fourth-order valence-electron chi connectivity index (χ4n) is 0.682. The van der Waals surface area contributed by atoms with Gasteiger partial charge in [0.2, 0.25) is 0 Å². The molecule has 0 radical (unpaired) electrons. The van der Waals surface area contributed by atoms with E-state index in [0.717, 1.165) is 12.0 Å². The third kappa shape index (κ3) is 5.52. The summed E-state index contributed by atoms with van der Waals surface area (Å²) in [6.45, 7) is 8.00. The number of hydrogen-bond donors (Lipinski definition) is 2. The van der Waals surface area contributed by atoms with E-state index in [9.17, 15) is 0 Å². The molecule has 0 aliphatic heterocycles. The topological polar surface area (TPSA) is 52.0 Å². The number of allylic oxidation sites excluding steroid dienone is 2. The lowest BCUT2D eigenvalue weighted by molar-refractivity contribution is 1.08. The predicted octanol–water partition coefficient (Wildman–Crippen LogP) is 2.13. The van der Waals surface area contributed by atoms with Crippen molar-refractivity contribution in [2.24, 2.45) is 11.5 Å². The molecule has 0 saturated carbocycles. The van der Waals surface area contributed by atoms with Gasteiger partial charge in [0, 0.05) is 6.20 Å². The first kappa shape index (κ1) is 12.7. The Balaban J connectivity index is 0. The molecule has 0 rings (SSSR count). The maximum absolute atomic E-state index is 5.51. The highest BCUT2D eigenvalue weighted by atomic mass is 14.6. The van der Waals surface area contributed by atoms with Crippen LogP contribution in [0.25, 0.3) is 0 Å². The Hall–Kier alpha value is -0.920. The van der Waals surface area contributed by atoms with Crippen LogP contribution in [0.5, 0.6) is 0 Å². The molecule has 0 aromatic heterocycles. The first-order chi connectivity index (χ1) is 5.26. The lowest BCUT2D eigenvalue weighted by Crippen LogP contribution is -2.02. The van der Waals surface area contributed by atoms with Crippen LogP contribution in [0.4, 0.5) is 0 Å². The van der Waals surface area contributed by atoms with E-state index in [0.29, 0.717) is 5.70 Å². The zero-order valence-electron chi connectivity index (χ0n) is 8.02. The van der Waals surface area contributed by atoms with Crippen molar-refractivity contribution in [3.8, 4) is 0 Å². The molecule has 0 aromatic rings. The fourth-order valence-corrected chi connectivity index (χ4v) is 0.682. The van der Waals surface area contributed by atoms with E-state index in [2.05, 4.69) is 0 Å². The largest absolute Gasteiger partial charge is 0.403 e. The van der Waals surface area contributed by atoms with Gasteiger partial charge >= 0.3 is 0 Å². The van der Waals surface area contributed by atoms with Gasteiger partial charge in [0.05, 0.1) is 5.70 Å². The summed E-state index contributed by atoms with van der Waals surface area (Å²) in [5, 5.41) is 0. The van der Waals surface area contributed by atoms with E-state index in [1.807, 2.05) is 33.8 Å². The van der Waals surface area contributed by atoms with Crippen LogP contribution >= 0.6 is 0 Å². The Morgan fingerprint density at radius 1 is 1.36 bits per heavy atom. The minimum atomic E-state index is 0.681. The van der Waals surface area contributed by atoms with Gasteiger partial charge in [-0.3, -0.25) is 0 Å². The first-order valence-corrected chi connectivity index (χ1v) is 4.09. The van der Waals surface area contributed by atoms with Crippen molar-refractivity contribution in [1.82, 2.24) is 0 Å². The molecular formula is C9H20N2. The SMILES string of the molecule is C/C=C(CC)\C(N)=C/N.CC. The van der Waals surface area contributed by atoms with Crippen LogP contribution in [0, 0.1) is 0 Å². The van der Waals surface area contributed by atoms with Gasteiger partial charge in [0.25, 0.3) is 0 Å². The summed E-state index contributed by atoms with van der Waals surface area (Å²) in [5.74, 6) is 0. The second kappa shape index (κ2) is 9.08. The monoisotopic (exact) mass is 156 g/mol. The molecule has 0 atom stereocenters. The summed E-state index contributed by atoms with van der Waals surface area (Å²) in [6.07, 6.45) is 4.34.